The van der Waals surface area contributed by atoms with E-state index in [0.29, 0.717) is 17.5 Å². The second kappa shape index (κ2) is 3.59. The maximum absolute atomic E-state index is 11.3. The van der Waals surface area contributed by atoms with E-state index in [9.17, 15) is 8.42 Å². The van der Waals surface area contributed by atoms with Gasteiger partial charge in [0.1, 0.15) is 0 Å². The molecule has 2 saturated heterocycles. The Labute approximate surface area is 99.7 Å². The molecule has 0 amide bonds. The van der Waals surface area contributed by atoms with E-state index in [-0.39, 0.29) is 5.41 Å². The Morgan fingerprint density at radius 1 is 1.50 bits per heavy atom. The summed E-state index contributed by atoms with van der Waals surface area (Å²) in [5.41, 5.74) is 0.104. The molecule has 82 valence electrons. The molecule has 0 aliphatic carbocycles. The molecule has 1 spiro atoms. The molecule has 2 aliphatic heterocycles. The normalized spacial score (nSPS) is 35.4. The van der Waals surface area contributed by atoms with Gasteiger partial charge in [0.15, 0.2) is 9.84 Å². The summed E-state index contributed by atoms with van der Waals surface area (Å²) in [5.74, 6) is 0.857. The van der Waals surface area contributed by atoms with Crippen molar-refractivity contribution in [3.8, 4) is 0 Å². The van der Waals surface area contributed by atoms with Crippen molar-refractivity contribution in [1.29, 1.82) is 0 Å². The highest BCUT2D eigenvalue weighted by molar-refractivity contribution is 14.1. The van der Waals surface area contributed by atoms with Crippen LogP contribution in [-0.2, 0) is 9.84 Å². The van der Waals surface area contributed by atoms with Gasteiger partial charge in [-0.3, -0.25) is 0 Å². The van der Waals surface area contributed by atoms with Crippen LogP contribution in [0.3, 0.4) is 0 Å². The summed E-state index contributed by atoms with van der Waals surface area (Å²) in [6.45, 7) is 3.27. The summed E-state index contributed by atoms with van der Waals surface area (Å²) >= 11 is 2.35. The van der Waals surface area contributed by atoms with Crippen molar-refractivity contribution in [3.05, 3.63) is 0 Å². The lowest BCUT2D eigenvalue weighted by Gasteiger charge is -2.52. The van der Waals surface area contributed by atoms with Crippen LogP contribution < -0.4 is 0 Å². The molecule has 2 heterocycles. The van der Waals surface area contributed by atoms with Crippen LogP contribution in [0.15, 0.2) is 0 Å². The first-order valence-electron chi connectivity index (χ1n) is 5.12. The topological polar surface area (TPSA) is 37.4 Å². The molecule has 0 aromatic heterocycles. The molecular formula is C9H16INO2S. The molecule has 14 heavy (non-hydrogen) atoms. The van der Waals surface area contributed by atoms with E-state index >= 15 is 0 Å². The molecule has 0 saturated carbocycles. The Hall–Kier alpha value is 0.640. The van der Waals surface area contributed by atoms with E-state index < -0.39 is 9.84 Å². The summed E-state index contributed by atoms with van der Waals surface area (Å²) in [7, 11) is -2.69. The fraction of sp³-hybridized carbons (Fsp3) is 1.00. The molecule has 2 fully saturated rings. The number of rotatable bonds is 1. The van der Waals surface area contributed by atoms with E-state index in [0.717, 1.165) is 25.8 Å². The number of sulfone groups is 1. The van der Waals surface area contributed by atoms with Crippen molar-refractivity contribution in [2.45, 2.75) is 32.2 Å². The summed E-state index contributed by atoms with van der Waals surface area (Å²) in [6.07, 6.45) is 3.32. The van der Waals surface area contributed by atoms with Crippen molar-refractivity contribution in [2.24, 2.45) is 5.41 Å². The van der Waals surface area contributed by atoms with E-state index in [4.69, 9.17) is 0 Å². The molecule has 0 aromatic rings. The first-order valence-corrected chi connectivity index (χ1v) is 7.91. The molecule has 0 N–H and O–H groups in total. The van der Waals surface area contributed by atoms with Gasteiger partial charge >= 0.3 is 0 Å². The quantitative estimate of drug-likeness (QED) is 0.542. The highest BCUT2D eigenvalue weighted by Crippen LogP contribution is 2.47. The Morgan fingerprint density at radius 2 is 2.14 bits per heavy atom. The van der Waals surface area contributed by atoms with E-state index in [1.165, 1.54) is 0 Å². The third-order valence-corrected chi connectivity index (χ3v) is 6.68. The van der Waals surface area contributed by atoms with Crippen molar-refractivity contribution in [2.75, 3.05) is 18.1 Å². The number of nitrogens with zero attached hydrogens (tertiary/aromatic N) is 1. The largest absolute Gasteiger partial charge is 0.244 e. The van der Waals surface area contributed by atoms with Gasteiger partial charge in [0.2, 0.25) is 0 Å². The predicted octanol–water partition coefficient (Wildman–Crippen LogP) is 1.63. The minimum atomic E-state index is -2.69. The summed E-state index contributed by atoms with van der Waals surface area (Å²) in [4.78, 5) is 0. The number of hydrogen-bond donors (Lipinski definition) is 0. The Kier molecular flexibility index (Phi) is 2.85. The van der Waals surface area contributed by atoms with Crippen LogP contribution in [0.5, 0.6) is 0 Å². The monoisotopic (exact) mass is 329 g/mol. The van der Waals surface area contributed by atoms with Crippen LogP contribution in [0.25, 0.3) is 0 Å². The predicted molar refractivity (Wildman–Crippen MR) is 65.1 cm³/mol. The Balaban J connectivity index is 2.18. The van der Waals surface area contributed by atoms with Crippen LogP contribution in [-0.4, -0.2) is 35.6 Å². The van der Waals surface area contributed by atoms with Crippen LogP contribution >= 0.6 is 22.9 Å². The van der Waals surface area contributed by atoms with Gasteiger partial charge in [-0.1, -0.05) is 6.92 Å². The van der Waals surface area contributed by atoms with Crippen molar-refractivity contribution < 1.29 is 8.42 Å². The molecule has 5 heteroatoms. The summed E-state index contributed by atoms with van der Waals surface area (Å²) in [6, 6.07) is 0.473. The highest BCUT2D eigenvalue weighted by atomic mass is 127. The maximum Gasteiger partial charge on any atom is 0.151 e. The van der Waals surface area contributed by atoms with Gasteiger partial charge < -0.3 is 0 Å². The molecule has 1 unspecified atom stereocenters. The molecule has 1 atom stereocenters. The lowest BCUT2D eigenvalue weighted by Crippen LogP contribution is -2.61. The Bertz CT molecular complexity index is 316. The van der Waals surface area contributed by atoms with Crippen LogP contribution in [0.4, 0.5) is 0 Å². The zero-order valence-corrected chi connectivity index (χ0v) is 11.3. The van der Waals surface area contributed by atoms with Gasteiger partial charge in [-0.15, -0.1) is 0 Å². The zero-order chi connectivity index (χ0) is 10.4. The van der Waals surface area contributed by atoms with Gasteiger partial charge in [0, 0.05) is 40.9 Å². The maximum atomic E-state index is 11.3. The average Bonchev–Trinajstić information content (AvgIpc) is 2.01. The standard InChI is InChI=1S/C9H16INO2S/c1-2-8-9(4-3-5-11(8)10)6-14(12,13)7-9/h8H,2-7H2,1H3. The molecule has 0 aromatic carbocycles. The van der Waals surface area contributed by atoms with Crippen molar-refractivity contribution >= 4 is 32.7 Å². The second-order valence-electron chi connectivity index (χ2n) is 4.55. The average molecular weight is 329 g/mol. The smallest absolute Gasteiger partial charge is 0.151 e. The molecule has 3 nitrogen and oxygen atoms in total. The van der Waals surface area contributed by atoms with E-state index in [1.807, 2.05) is 0 Å². The second-order valence-corrected chi connectivity index (χ2v) is 7.85. The van der Waals surface area contributed by atoms with Crippen molar-refractivity contribution in [1.82, 2.24) is 3.11 Å². The molecule has 0 bridgehead atoms. The summed E-state index contributed by atoms with van der Waals surface area (Å²) in [5, 5.41) is 0. The number of halogens is 1. The van der Waals surface area contributed by atoms with Gasteiger partial charge in [-0.2, -0.15) is 0 Å². The molecule has 2 rings (SSSR count). The minimum Gasteiger partial charge on any atom is -0.244 e. The molecule has 2 aliphatic rings. The van der Waals surface area contributed by atoms with Gasteiger partial charge in [0.25, 0.3) is 0 Å². The first-order chi connectivity index (χ1) is 6.49. The van der Waals surface area contributed by atoms with Crippen molar-refractivity contribution in [3.63, 3.8) is 0 Å². The van der Waals surface area contributed by atoms with Crippen LogP contribution in [0.1, 0.15) is 26.2 Å². The fourth-order valence-electron chi connectivity index (χ4n) is 3.00. The molecule has 0 radical (unpaired) electrons. The van der Waals surface area contributed by atoms with Gasteiger partial charge in [-0.25, -0.2) is 11.5 Å². The third-order valence-electron chi connectivity index (χ3n) is 3.49. The van der Waals surface area contributed by atoms with Gasteiger partial charge in [-0.05, 0) is 19.3 Å². The van der Waals surface area contributed by atoms with Crippen LogP contribution in [0, 0.1) is 5.41 Å². The highest BCUT2D eigenvalue weighted by Gasteiger charge is 2.55. The van der Waals surface area contributed by atoms with Gasteiger partial charge in [0.05, 0.1) is 11.5 Å². The minimum absolute atomic E-state index is 0.104. The summed E-state index contributed by atoms with van der Waals surface area (Å²) < 4.78 is 24.9. The fourth-order valence-corrected chi connectivity index (χ4v) is 6.67. The van der Waals surface area contributed by atoms with E-state index in [2.05, 4.69) is 32.9 Å². The zero-order valence-electron chi connectivity index (χ0n) is 8.37. The first kappa shape index (κ1) is 11.1. The number of hydrogen-bond acceptors (Lipinski definition) is 3. The SMILES string of the molecule is CCC1N(I)CCCC12CS(=O)(=O)C2. The third kappa shape index (κ3) is 1.71. The number of piperidine rings is 1. The van der Waals surface area contributed by atoms with E-state index in [1.54, 1.807) is 0 Å². The molecular weight excluding hydrogens is 313 g/mol. The van der Waals surface area contributed by atoms with Crippen LogP contribution in [0.2, 0.25) is 0 Å². The lowest BCUT2D eigenvalue weighted by atomic mass is 9.75. The lowest BCUT2D eigenvalue weighted by molar-refractivity contribution is 0.110. The Morgan fingerprint density at radius 3 is 2.64 bits per heavy atom.